The summed E-state index contributed by atoms with van der Waals surface area (Å²) in [5, 5.41) is 5.33. The van der Waals surface area contributed by atoms with Gasteiger partial charge in [-0.1, -0.05) is 41.3 Å². The molecule has 1 aromatic carbocycles. The minimum atomic E-state index is -0.357. The summed E-state index contributed by atoms with van der Waals surface area (Å²) in [5.74, 6) is 0.817. The summed E-state index contributed by atoms with van der Waals surface area (Å²) in [6.45, 7) is 0.484. The van der Waals surface area contributed by atoms with E-state index >= 15 is 0 Å². The molecule has 2 aromatic rings. The normalized spacial score (nSPS) is 14.3. The van der Waals surface area contributed by atoms with Crippen LogP contribution >= 0.6 is 15.9 Å². The number of nitrogens with zero attached hydrogens (tertiary/aromatic N) is 1. The molecule has 1 saturated carbocycles. The van der Waals surface area contributed by atoms with Crippen molar-refractivity contribution in [3.05, 3.63) is 52.6 Å². The number of hydrogen-bond donors (Lipinski definition) is 2. The molecular weight excluding hydrogens is 422 g/mol. The number of carbonyl (C=O) groups excluding carboxylic acids is 2. The zero-order chi connectivity index (χ0) is 19.8. The second kappa shape index (κ2) is 10.2. The van der Waals surface area contributed by atoms with Gasteiger partial charge in [0.05, 0.1) is 13.2 Å². The van der Waals surface area contributed by atoms with E-state index in [1.807, 2.05) is 6.07 Å². The van der Waals surface area contributed by atoms with Crippen LogP contribution in [0.25, 0.3) is 0 Å². The maximum atomic E-state index is 12.2. The molecule has 0 saturated heterocycles. The predicted octanol–water partition coefficient (Wildman–Crippen LogP) is 4.17. The van der Waals surface area contributed by atoms with Crippen molar-refractivity contribution in [1.82, 2.24) is 10.3 Å². The van der Waals surface area contributed by atoms with Gasteiger partial charge in [0.2, 0.25) is 5.91 Å². The zero-order valence-corrected chi connectivity index (χ0v) is 17.2. The van der Waals surface area contributed by atoms with E-state index in [9.17, 15) is 9.59 Å². The second-order valence-electron chi connectivity index (χ2n) is 6.91. The summed E-state index contributed by atoms with van der Waals surface area (Å²) in [6.07, 6.45) is 7.78. The standard InChI is InChI=1S/C21H24BrN3O3/c22-17-9-4-8-16(12-17)21(27)24-13-19(26)25-20-18(10-5-11-23-20)28-14-15-6-2-1-3-7-15/h4-5,8-12,15H,1-3,6-7,13-14H2,(H,24,27)(H,23,25,26). The molecule has 0 atom stereocenters. The van der Waals surface area contributed by atoms with Crippen molar-refractivity contribution in [2.45, 2.75) is 32.1 Å². The molecule has 1 aliphatic rings. The Morgan fingerprint density at radius 2 is 1.96 bits per heavy atom. The lowest BCUT2D eigenvalue weighted by atomic mass is 9.90. The molecule has 1 heterocycles. The minimum Gasteiger partial charge on any atom is -0.489 e. The van der Waals surface area contributed by atoms with Crippen molar-refractivity contribution in [1.29, 1.82) is 0 Å². The Kier molecular flexibility index (Phi) is 7.42. The van der Waals surface area contributed by atoms with E-state index < -0.39 is 0 Å². The van der Waals surface area contributed by atoms with Crippen molar-refractivity contribution >= 4 is 33.6 Å². The van der Waals surface area contributed by atoms with E-state index in [0.717, 1.165) is 4.47 Å². The van der Waals surface area contributed by atoms with Crippen LogP contribution in [-0.4, -0.2) is 29.9 Å². The second-order valence-corrected chi connectivity index (χ2v) is 7.82. The van der Waals surface area contributed by atoms with Gasteiger partial charge in [0, 0.05) is 16.2 Å². The molecule has 0 bridgehead atoms. The molecule has 7 heteroatoms. The Hall–Kier alpha value is -2.41. The highest BCUT2D eigenvalue weighted by atomic mass is 79.9. The molecule has 0 spiro atoms. The Morgan fingerprint density at radius 3 is 2.75 bits per heavy atom. The van der Waals surface area contributed by atoms with E-state index in [-0.39, 0.29) is 18.4 Å². The Balaban J connectivity index is 1.51. The monoisotopic (exact) mass is 445 g/mol. The summed E-state index contributed by atoms with van der Waals surface area (Å²) in [7, 11) is 0. The molecule has 1 aromatic heterocycles. The fourth-order valence-electron chi connectivity index (χ4n) is 3.23. The summed E-state index contributed by atoms with van der Waals surface area (Å²) < 4.78 is 6.72. The van der Waals surface area contributed by atoms with Crippen molar-refractivity contribution in [2.24, 2.45) is 5.92 Å². The highest BCUT2D eigenvalue weighted by Crippen LogP contribution is 2.26. The lowest BCUT2D eigenvalue weighted by Crippen LogP contribution is -2.33. The third kappa shape index (κ3) is 6.05. The highest BCUT2D eigenvalue weighted by Gasteiger charge is 2.16. The number of ether oxygens (including phenoxy) is 1. The fraction of sp³-hybridized carbons (Fsp3) is 0.381. The third-order valence-corrected chi connectivity index (χ3v) is 5.22. The van der Waals surface area contributed by atoms with Gasteiger partial charge in [-0.3, -0.25) is 9.59 Å². The van der Waals surface area contributed by atoms with Gasteiger partial charge in [-0.25, -0.2) is 4.98 Å². The molecule has 28 heavy (non-hydrogen) atoms. The Bertz CT molecular complexity index is 822. The van der Waals surface area contributed by atoms with Crippen LogP contribution in [0.1, 0.15) is 42.5 Å². The number of amides is 2. The largest absolute Gasteiger partial charge is 0.489 e. The Labute approximate surface area is 173 Å². The quantitative estimate of drug-likeness (QED) is 0.669. The first-order chi connectivity index (χ1) is 13.6. The number of rotatable bonds is 7. The summed E-state index contributed by atoms with van der Waals surface area (Å²) in [5.41, 5.74) is 0.483. The minimum absolute atomic E-state index is 0.149. The van der Waals surface area contributed by atoms with Gasteiger partial charge >= 0.3 is 0 Å². The molecule has 6 nitrogen and oxygen atoms in total. The average molecular weight is 446 g/mol. The van der Waals surface area contributed by atoms with Gasteiger partial charge in [0.25, 0.3) is 5.91 Å². The average Bonchev–Trinajstić information content (AvgIpc) is 2.72. The molecule has 0 aliphatic heterocycles. The Morgan fingerprint density at radius 1 is 1.14 bits per heavy atom. The number of pyridine rings is 1. The maximum absolute atomic E-state index is 12.2. The van der Waals surface area contributed by atoms with E-state index in [1.165, 1.54) is 32.1 Å². The van der Waals surface area contributed by atoms with Crippen LogP contribution in [-0.2, 0) is 4.79 Å². The van der Waals surface area contributed by atoms with Crippen molar-refractivity contribution in [3.63, 3.8) is 0 Å². The van der Waals surface area contributed by atoms with Crippen molar-refractivity contribution in [3.8, 4) is 5.75 Å². The molecule has 1 fully saturated rings. The van der Waals surface area contributed by atoms with E-state index in [1.54, 1.807) is 36.5 Å². The predicted molar refractivity (Wildman–Crippen MR) is 111 cm³/mol. The zero-order valence-electron chi connectivity index (χ0n) is 15.6. The van der Waals surface area contributed by atoms with Gasteiger partial charge in [-0.2, -0.15) is 0 Å². The first kappa shape index (κ1) is 20.3. The molecule has 148 valence electrons. The summed E-state index contributed by atoms with van der Waals surface area (Å²) in [4.78, 5) is 28.6. The van der Waals surface area contributed by atoms with Crippen LogP contribution in [0.2, 0.25) is 0 Å². The van der Waals surface area contributed by atoms with Crippen LogP contribution in [0.4, 0.5) is 5.82 Å². The topological polar surface area (TPSA) is 80.3 Å². The van der Waals surface area contributed by atoms with Crippen LogP contribution in [0.3, 0.4) is 0 Å². The molecule has 2 amide bonds. The number of anilines is 1. The molecule has 0 radical (unpaired) electrons. The fourth-order valence-corrected chi connectivity index (χ4v) is 3.63. The van der Waals surface area contributed by atoms with Gasteiger partial charge in [0.1, 0.15) is 0 Å². The van der Waals surface area contributed by atoms with Crippen molar-refractivity contribution in [2.75, 3.05) is 18.5 Å². The van der Waals surface area contributed by atoms with Crippen LogP contribution in [0.15, 0.2) is 47.1 Å². The van der Waals surface area contributed by atoms with Crippen molar-refractivity contribution < 1.29 is 14.3 Å². The number of nitrogens with one attached hydrogen (secondary N) is 2. The third-order valence-electron chi connectivity index (χ3n) is 4.72. The van der Waals surface area contributed by atoms with Crippen LogP contribution in [0, 0.1) is 5.92 Å². The number of carbonyl (C=O) groups is 2. The first-order valence-electron chi connectivity index (χ1n) is 9.53. The molecule has 0 unspecified atom stereocenters. The number of halogens is 1. The summed E-state index contributed by atoms with van der Waals surface area (Å²) >= 11 is 3.32. The highest BCUT2D eigenvalue weighted by molar-refractivity contribution is 9.10. The van der Waals surface area contributed by atoms with E-state index in [0.29, 0.717) is 29.7 Å². The van der Waals surface area contributed by atoms with Gasteiger partial charge < -0.3 is 15.4 Å². The van der Waals surface area contributed by atoms with E-state index in [2.05, 4.69) is 31.5 Å². The first-order valence-corrected chi connectivity index (χ1v) is 10.3. The number of hydrogen-bond acceptors (Lipinski definition) is 4. The van der Waals surface area contributed by atoms with Gasteiger partial charge in [0.15, 0.2) is 11.6 Å². The van der Waals surface area contributed by atoms with Gasteiger partial charge in [-0.15, -0.1) is 0 Å². The van der Waals surface area contributed by atoms with Gasteiger partial charge in [-0.05, 0) is 49.1 Å². The van der Waals surface area contributed by atoms with E-state index in [4.69, 9.17) is 4.74 Å². The van der Waals surface area contributed by atoms with Crippen LogP contribution in [0.5, 0.6) is 5.75 Å². The molecule has 2 N–H and O–H groups in total. The SMILES string of the molecule is O=C(CNC(=O)c1cccc(Br)c1)Nc1ncccc1OCC1CCCCC1. The molecule has 3 rings (SSSR count). The number of benzene rings is 1. The number of aromatic nitrogens is 1. The van der Waals surface area contributed by atoms with Crippen LogP contribution < -0.4 is 15.4 Å². The molecular formula is C21H24BrN3O3. The summed E-state index contributed by atoms with van der Waals surface area (Å²) in [6, 6.07) is 10.6. The molecule has 1 aliphatic carbocycles. The lowest BCUT2D eigenvalue weighted by Gasteiger charge is -2.22. The lowest BCUT2D eigenvalue weighted by molar-refractivity contribution is -0.115. The smallest absolute Gasteiger partial charge is 0.251 e. The maximum Gasteiger partial charge on any atom is 0.251 e.